The molecule has 0 radical (unpaired) electrons. The largest absolute Gasteiger partial charge is 0.490 e. The number of aryl methyl sites for hydroxylation is 1. The van der Waals surface area contributed by atoms with Gasteiger partial charge >= 0.3 is 0 Å². The second-order valence-corrected chi connectivity index (χ2v) is 9.61. The van der Waals surface area contributed by atoms with Gasteiger partial charge in [-0.2, -0.15) is 0 Å². The van der Waals surface area contributed by atoms with Gasteiger partial charge in [-0.3, -0.25) is 4.79 Å². The molecule has 4 nitrogen and oxygen atoms in total. The van der Waals surface area contributed by atoms with Crippen LogP contribution < -0.4 is 4.74 Å². The number of carbonyl (C=O) groups is 1. The number of carbonyl (C=O) groups excluding carboxylic acids is 1. The van der Waals surface area contributed by atoms with Gasteiger partial charge in [-0.25, -0.2) is 0 Å². The smallest absolute Gasteiger partial charge is 0.163 e. The first-order valence-electron chi connectivity index (χ1n) is 11.4. The Kier molecular flexibility index (Phi) is 7.81. The second kappa shape index (κ2) is 10.8. The highest BCUT2D eigenvalue weighted by Crippen LogP contribution is 2.29. The van der Waals surface area contributed by atoms with E-state index in [9.17, 15) is 4.79 Å². The Morgan fingerprint density at radius 3 is 2.65 bits per heavy atom. The molecule has 0 spiro atoms. The van der Waals surface area contributed by atoms with Crippen molar-refractivity contribution in [1.82, 2.24) is 4.90 Å². The van der Waals surface area contributed by atoms with Crippen LogP contribution in [0, 0.1) is 5.92 Å². The number of likely N-dealkylation sites (tertiary alicyclic amines) is 1. The number of methoxy groups -OCH3 is 1. The lowest BCUT2D eigenvalue weighted by Gasteiger charge is -2.32. The molecule has 0 saturated carbocycles. The molecule has 1 heterocycles. The lowest BCUT2D eigenvalue weighted by molar-refractivity contribution is 0.0994. The van der Waals surface area contributed by atoms with E-state index in [4.69, 9.17) is 9.47 Å². The molecule has 4 rings (SSSR count). The molecule has 1 aliphatic carbocycles. The Labute approximate surface area is 194 Å². The fraction of sp³-hybridized carbons (Fsp3) is 0.500. The molecule has 2 aromatic carbocycles. The van der Waals surface area contributed by atoms with E-state index in [1.807, 2.05) is 0 Å². The van der Waals surface area contributed by atoms with Gasteiger partial charge in [0.15, 0.2) is 5.78 Å². The molecule has 1 fully saturated rings. The molecular weight excluding hydrogens is 454 g/mol. The number of ketones is 1. The van der Waals surface area contributed by atoms with Crippen molar-refractivity contribution >= 4 is 21.7 Å². The number of benzene rings is 2. The zero-order chi connectivity index (χ0) is 21.6. The highest BCUT2D eigenvalue weighted by Gasteiger charge is 2.21. The predicted molar refractivity (Wildman–Crippen MR) is 127 cm³/mol. The zero-order valence-electron chi connectivity index (χ0n) is 18.4. The van der Waals surface area contributed by atoms with Crippen LogP contribution in [0.5, 0.6) is 5.75 Å². The van der Waals surface area contributed by atoms with Gasteiger partial charge in [0.2, 0.25) is 0 Å². The summed E-state index contributed by atoms with van der Waals surface area (Å²) in [6.45, 7) is 4.55. The summed E-state index contributed by atoms with van der Waals surface area (Å²) >= 11 is 3.58. The number of hydrogen-bond acceptors (Lipinski definition) is 4. The van der Waals surface area contributed by atoms with Crippen molar-refractivity contribution in [2.24, 2.45) is 5.92 Å². The normalized spacial score (nSPS) is 17.2. The lowest BCUT2D eigenvalue weighted by Crippen LogP contribution is -2.35. The van der Waals surface area contributed by atoms with E-state index in [0.717, 1.165) is 60.6 Å². The van der Waals surface area contributed by atoms with Crippen LogP contribution in [-0.2, 0) is 24.0 Å². The number of hydrogen-bond donors (Lipinski definition) is 0. The number of piperidine rings is 1. The fourth-order valence-electron chi connectivity index (χ4n) is 4.69. The van der Waals surface area contributed by atoms with Gasteiger partial charge in [0.25, 0.3) is 0 Å². The standard InChI is InChI=1S/C26H32BrNO3/c1-30-14-15-31-26-18-21(3-6-24(26)27)16-20-9-12-28(13-10-20)11-8-19-2-4-22-5-7-25(29)23(22)17-19/h2-4,6,17-18,20H,5,7-16H2,1H3. The monoisotopic (exact) mass is 485 g/mol. The number of fused-ring (bicyclic) bond motifs is 1. The van der Waals surface area contributed by atoms with E-state index in [-0.39, 0.29) is 0 Å². The number of ether oxygens (including phenoxy) is 2. The van der Waals surface area contributed by atoms with Crippen molar-refractivity contribution in [2.45, 2.75) is 38.5 Å². The van der Waals surface area contributed by atoms with Crippen molar-refractivity contribution in [3.8, 4) is 5.75 Å². The minimum atomic E-state index is 0.317. The molecule has 2 aliphatic rings. The van der Waals surface area contributed by atoms with E-state index in [0.29, 0.717) is 25.4 Å². The third-order valence-electron chi connectivity index (χ3n) is 6.58. The summed E-state index contributed by atoms with van der Waals surface area (Å²) in [5.41, 5.74) is 4.84. The van der Waals surface area contributed by atoms with Gasteiger partial charge in [-0.05, 0) is 102 Å². The highest BCUT2D eigenvalue weighted by atomic mass is 79.9. The molecule has 0 unspecified atom stereocenters. The van der Waals surface area contributed by atoms with Crippen LogP contribution in [0.15, 0.2) is 40.9 Å². The van der Waals surface area contributed by atoms with Crippen molar-refractivity contribution in [1.29, 1.82) is 0 Å². The molecule has 0 bridgehead atoms. The minimum Gasteiger partial charge on any atom is -0.490 e. The summed E-state index contributed by atoms with van der Waals surface area (Å²) in [7, 11) is 1.69. The maximum absolute atomic E-state index is 12.0. The summed E-state index contributed by atoms with van der Waals surface area (Å²) in [4.78, 5) is 14.6. The molecule has 2 aromatic rings. The molecule has 1 saturated heterocycles. The SMILES string of the molecule is COCCOc1cc(CC2CCN(CCc3ccc4c(c3)C(=O)CC4)CC2)ccc1Br. The van der Waals surface area contributed by atoms with Crippen molar-refractivity contribution in [3.63, 3.8) is 0 Å². The molecule has 166 valence electrons. The fourth-order valence-corrected chi connectivity index (χ4v) is 5.06. The van der Waals surface area contributed by atoms with E-state index in [1.165, 1.54) is 29.5 Å². The molecule has 0 atom stereocenters. The van der Waals surface area contributed by atoms with Crippen LogP contribution in [0.2, 0.25) is 0 Å². The third-order valence-corrected chi connectivity index (χ3v) is 7.24. The second-order valence-electron chi connectivity index (χ2n) is 8.76. The van der Waals surface area contributed by atoms with E-state index in [2.05, 4.69) is 57.2 Å². The number of halogens is 1. The van der Waals surface area contributed by atoms with Gasteiger partial charge < -0.3 is 14.4 Å². The summed E-state index contributed by atoms with van der Waals surface area (Å²) in [6, 6.07) is 13.0. The molecule has 0 N–H and O–H groups in total. The molecule has 0 aromatic heterocycles. The first-order valence-corrected chi connectivity index (χ1v) is 12.2. The van der Waals surface area contributed by atoms with Crippen LogP contribution >= 0.6 is 15.9 Å². The van der Waals surface area contributed by atoms with Gasteiger partial charge in [-0.15, -0.1) is 0 Å². The quantitative estimate of drug-likeness (QED) is 0.463. The van der Waals surface area contributed by atoms with Gasteiger partial charge in [-0.1, -0.05) is 18.2 Å². The Bertz CT molecular complexity index is 906. The summed E-state index contributed by atoms with van der Waals surface area (Å²) in [5, 5.41) is 0. The van der Waals surface area contributed by atoms with Crippen LogP contribution in [0.3, 0.4) is 0 Å². The van der Waals surface area contributed by atoms with Crippen LogP contribution in [0.4, 0.5) is 0 Å². The van der Waals surface area contributed by atoms with Gasteiger partial charge in [0, 0.05) is 25.6 Å². The zero-order valence-corrected chi connectivity index (χ0v) is 20.0. The summed E-state index contributed by atoms with van der Waals surface area (Å²) < 4.78 is 11.9. The Morgan fingerprint density at radius 2 is 1.84 bits per heavy atom. The average molecular weight is 486 g/mol. The molecule has 0 amide bonds. The molecular formula is C26H32BrNO3. The van der Waals surface area contributed by atoms with Gasteiger partial charge in [0.1, 0.15) is 12.4 Å². The first kappa shape index (κ1) is 22.5. The summed E-state index contributed by atoms with van der Waals surface area (Å²) in [5.74, 6) is 1.94. The maximum atomic E-state index is 12.0. The summed E-state index contributed by atoms with van der Waals surface area (Å²) in [6.07, 6.45) is 6.21. The maximum Gasteiger partial charge on any atom is 0.163 e. The number of rotatable bonds is 9. The van der Waals surface area contributed by atoms with E-state index < -0.39 is 0 Å². The predicted octanol–water partition coefficient (Wildman–Crippen LogP) is 5.10. The Morgan fingerprint density at radius 1 is 1.03 bits per heavy atom. The van der Waals surface area contributed by atoms with Crippen LogP contribution in [0.25, 0.3) is 0 Å². The van der Waals surface area contributed by atoms with Crippen molar-refractivity contribution < 1.29 is 14.3 Å². The average Bonchev–Trinajstić information content (AvgIpc) is 3.16. The Hall–Kier alpha value is -1.69. The molecule has 1 aliphatic heterocycles. The van der Waals surface area contributed by atoms with Gasteiger partial charge in [0.05, 0.1) is 11.1 Å². The topological polar surface area (TPSA) is 38.8 Å². The van der Waals surface area contributed by atoms with E-state index >= 15 is 0 Å². The lowest BCUT2D eigenvalue weighted by atomic mass is 9.90. The minimum absolute atomic E-state index is 0.317. The van der Waals surface area contributed by atoms with Crippen LogP contribution in [0.1, 0.15) is 46.3 Å². The molecule has 31 heavy (non-hydrogen) atoms. The number of Topliss-reactive ketones (excluding diaryl/α,β-unsaturated/α-hetero) is 1. The molecule has 5 heteroatoms. The highest BCUT2D eigenvalue weighted by molar-refractivity contribution is 9.10. The number of nitrogens with zero attached hydrogens (tertiary/aromatic N) is 1. The van der Waals surface area contributed by atoms with E-state index in [1.54, 1.807) is 7.11 Å². The van der Waals surface area contributed by atoms with Crippen molar-refractivity contribution in [2.75, 3.05) is 40.0 Å². The third kappa shape index (κ3) is 5.97. The van der Waals surface area contributed by atoms with Crippen LogP contribution in [-0.4, -0.2) is 50.6 Å². The van der Waals surface area contributed by atoms with Crippen molar-refractivity contribution in [3.05, 3.63) is 63.1 Å². The Balaban J connectivity index is 1.23. The first-order chi connectivity index (χ1) is 15.1.